The van der Waals surface area contributed by atoms with Gasteiger partial charge in [-0.15, -0.1) is 0 Å². The summed E-state index contributed by atoms with van der Waals surface area (Å²) in [6, 6.07) is 6.53. The zero-order valence-corrected chi connectivity index (χ0v) is 13.2. The molecule has 0 aromatic heterocycles. The van der Waals surface area contributed by atoms with Gasteiger partial charge in [0.15, 0.2) is 5.78 Å². The van der Waals surface area contributed by atoms with Crippen molar-refractivity contribution in [1.29, 1.82) is 0 Å². The number of halogens is 1. The Morgan fingerprint density at radius 3 is 2.61 bits per heavy atom. The first-order valence-corrected chi connectivity index (χ1v) is 8.43. The number of piperazine rings is 1. The minimum atomic E-state index is -0.548. The fourth-order valence-electron chi connectivity index (χ4n) is 4.07. The molecule has 0 saturated carbocycles. The van der Waals surface area contributed by atoms with Crippen LogP contribution in [0.25, 0.3) is 0 Å². The van der Waals surface area contributed by atoms with Gasteiger partial charge in [0.2, 0.25) is 0 Å². The molecule has 5 heteroatoms. The van der Waals surface area contributed by atoms with Crippen molar-refractivity contribution in [3.8, 4) is 0 Å². The summed E-state index contributed by atoms with van der Waals surface area (Å²) in [5.41, 5.74) is 0.457. The minimum absolute atomic E-state index is 0.177. The maximum Gasteiger partial charge on any atom is 0.186 e. The Morgan fingerprint density at radius 2 is 1.87 bits per heavy atom. The molecular formula is C18H22FN3O. The van der Waals surface area contributed by atoms with Crippen molar-refractivity contribution >= 4 is 5.78 Å². The van der Waals surface area contributed by atoms with Crippen LogP contribution in [0.15, 0.2) is 36.2 Å². The van der Waals surface area contributed by atoms with Gasteiger partial charge in [0, 0.05) is 45.2 Å². The third-order valence-corrected chi connectivity index (χ3v) is 5.28. The molecule has 1 N–H and O–H groups in total. The van der Waals surface area contributed by atoms with Crippen molar-refractivity contribution in [2.75, 3.05) is 32.7 Å². The van der Waals surface area contributed by atoms with Gasteiger partial charge in [0.05, 0.1) is 0 Å². The first kappa shape index (κ1) is 14.7. The number of carbonyl (C=O) groups excluding carboxylic acids is 1. The lowest BCUT2D eigenvalue weighted by Crippen LogP contribution is -2.63. The zero-order valence-electron chi connectivity index (χ0n) is 13.2. The van der Waals surface area contributed by atoms with Crippen LogP contribution in [0.4, 0.5) is 4.39 Å². The van der Waals surface area contributed by atoms with Gasteiger partial charge in [-0.05, 0) is 30.5 Å². The van der Waals surface area contributed by atoms with E-state index in [1.165, 1.54) is 25.0 Å². The Bertz CT molecular complexity index is 636. The van der Waals surface area contributed by atoms with E-state index in [-0.39, 0.29) is 11.6 Å². The van der Waals surface area contributed by atoms with Crippen LogP contribution >= 0.6 is 0 Å². The third-order valence-electron chi connectivity index (χ3n) is 5.28. The van der Waals surface area contributed by atoms with E-state index in [9.17, 15) is 9.18 Å². The van der Waals surface area contributed by atoms with Crippen LogP contribution in [0.2, 0.25) is 0 Å². The summed E-state index contributed by atoms with van der Waals surface area (Å²) in [5, 5.41) is 3.38. The highest BCUT2D eigenvalue weighted by Gasteiger charge is 2.50. The molecule has 3 heterocycles. The molecule has 122 valence electrons. The second-order valence-corrected chi connectivity index (χ2v) is 6.72. The number of benzene rings is 1. The zero-order chi connectivity index (χ0) is 15.9. The second-order valence-electron chi connectivity index (χ2n) is 6.72. The number of hydrogen-bond donors (Lipinski definition) is 1. The molecule has 0 spiro atoms. The number of fused-ring (bicyclic) bond motifs is 1. The van der Waals surface area contributed by atoms with Gasteiger partial charge >= 0.3 is 0 Å². The number of hydrogen-bond acceptors (Lipinski definition) is 4. The average molecular weight is 315 g/mol. The Balaban J connectivity index is 1.64. The van der Waals surface area contributed by atoms with Crippen molar-refractivity contribution in [3.63, 3.8) is 0 Å². The van der Waals surface area contributed by atoms with E-state index in [0.29, 0.717) is 13.0 Å². The Morgan fingerprint density at radius 1 is 1.13 bits per heavy atom. The molecule has 1 unspecified atom stereocenters. The van der Waals surface area contributed by atoms with Gasteiger partial charge in [-0.25, -0.2) is 4.39 Å². The average Bonchev–Trinajstić information content (AvgIpc) is 3.17. The normalized spacial score (nSPS) is 27.3. The summed E-state index contributed by atoms with van der Waals surface area (Å²) in [6.45, 7) is 4.46. The molecule has 3 aliphatic rings. The molecule has 1 atom stereocenters. The van der Waals surface area contributed by atoms with Gasteiger partial charge in [0.1, 0.15) is 17.2 Å². The van der Waals surface area contributed by atoms with E-state index in [0.717, 1.165) is 37.6 Å². The highest BCUT2D eigenvalue weighted by atomic mass is 19.1. The molecule has 2 saturated heterocycles. The summed E-state index contributed by atoms with van der Waals surface area (Å²) >= 11 is 0. The van der Waals surface area contributed by atoms with Crippen LogP contribution in [0.5, 0.6) is 0 Å². The van der Waals surface area contributed by atoms with Gasteiger partial charge in [-0.2, -0.15) is 0 Å². The quantitative estimate of drug-likeness (QED) is 0.918. The molecule has 4 rings (SSSR count). The maximum absolute atomic E-state index is 13.2. The number of nitrogens with zero attached hydrogens (tertiary/aromatic N) is 2. The van der Waals surface area contributed by atoms with Gasteiger partial charge < -0.3 is 15.1 Å². The molecule has 2 fully saturated rings. The maximum atomic E-state index is 13.2. The summed E-state index contributed by atoms with van der Waals surface area (Å²) in [4.78, 5) is 17.5. The van der Waals surface area contributed by atoms with Crippen LogP contribution in [-0.4, -0.2) is 53.8 Å². The van der Waals surface area contributed by atoms with Crippen molar-refractivity contribution in [1.82, 2.24) is 15.1 Å². The smallest absolute Gasteiger partial charge is 0.186 e. The Kier molecular flexibility index (Phi) is 3.60. The first-order chi connectivity index (χ1) is 11.2. The van der Waals surface area contributed by atoms with E-state index < -0.39 is 5.54 Å². The highest BCUT2D eigenvalue weighted by molar-refractivity contribution is 6.01. The monoisotopic (exact) mass is 315 g/mol. The van der Waals surface area contributed by atoms with Gasteiger partial charge in [-0.3, -0.25) is 4.79 Å². The summed E-state index contributed by atoms with van der Waals surface area (Å²) in [5.74, 6) is 1.03. The number of ketones is 1. The summed E-state index contributed by atoms with van der Waals surface area (Å²) < 4.78 is 13.2. The first-order valence-electron chi connectivity index (χ1n) is 8.43. The lowest BCUT2D eigenvalue weighted by Gasteiger charge is -2.46. The molecule has 23 heavy (non-hydrogen) atoms. The van der Waals surface area contributed by atoms with E-state index in [2.05, 4.69) is 15.1 Å². The molecular weight excluding hydrogens is 293 g/mol. The van der Waals surface area contributed by atoms with Gasteiger partial charge in [0.25, 0.3) is 0 Å². The molecule has 3 aliphatic heterocycles. The number of nitrogens with one attached hydrogen (secondary N) is 1. The van der Waals surface area contributed by atoms with Crippen LogP contribution in [-0.2, 0) is 11.2 Å². The lowest BCUT2D eigenvalue weighted by molar-refractivity contribution is -0.124. The van der Waals surface area contributed by atoms with Crippen LogP contribution in [0.3, 0.4) is 0 Å². The SMILES string of the molecule is O=C1C=C(N2CCCC2)N2CCNCC12Cc1ccc(F)cc1. The Labute approximate surface area is 136 Å². The highest BCUT2D eigenvalue weighted by Crippen LogP contribution is 2.36. The van der Waals surface area contributed by atoms with E-state index >= 15 is 0 Å². The number of carbonyl (C=O) groups is 1. The Hall–Kier alpha value is -1.88. The predicted molar refractivity (Wildman–Crippen MR) is 86.3 cm³/mol. The fraction of sp³-hybridized carbons (Fsp3) is 0.500. The summed E-state index contributed by atoms with van der Waals surface area (Å²) in [6.07, 6.45) is 4.85. The van der Waals surface area contributed by atoms with Crippen LogP contribution in [0, 0.1) is 5.82 Å². The van der Waals surface area contributed by atoms with Crippen molar-refractivity contribution in [2.24, 2.45) is 0 Å². The topological polar surface area (TPSA) is 35.6 Å². The fourth-order valence-corrected chi connectivity index (χ4v) is 4.07. The van der Waals surface area contributed by atoms with Crippen LogP contribution in [0.1, 0.15) is 18.4 Å². The standard InChI is InChI=1S/C18H22FN3O/c19-15-5-3-14(4-6-15)12-18-13-20-7-10-22(18)17(11-16(18)23)21-8-1-2-9-21/h3-6,11,20H,1-2,7-10,12-13H2. The molecule has 4 nitrogen and oxygen atoms in total. The minimum Gasteiger partial charge on any atom is -0.358 e. The van der Waals surface area contributed by atoms with E-state index in [1.807, 2.05) is 6.08 Å². The second kappa shape index (κ2) is 5.64. The number of likely N-dealkylation sites (tertiary alicyclic amines) is 1. The number of rotatable bonds is 3. The summed E-state index contributed by atoms with van der Waals surface area (Å²) in [7, 11) is 0. The van der Waals surface area contributed by atoms with Crippen molar-refractivity contribution in [3.05, 3.63) is 47.5 Å². The van der Waals surface area contributed by atoms with E-state index in [1.54, 1.807) is 12.1 Å². The van der Waals surface area contributed by atoms with Gasteiger partial charge in [-0.1, -0.05) is 12.1 Å². The molecule has 1 aromatic rings. The molecule has 0 bridgehead atoms. The van der Waals surface area contributed by atoms with E-state index in [4.69, 9.17) is 0 Å². The molecule has 0 aliphatic carbocycles. The van der Waals surface area contributed by atoms with Crippen LogP contribution < -0.4 is 5.32 Å². The molecule has 0 amide bonds. The van der Waals surface area contributed by atoms with Crippen molar-refractivity contribution in [2.45, 2.75) is 24.8 Å². The molecule has 0 radical (unpaired) electrons. The van der Waals surface area contributed by atoms with Crippen molar-refractivity contribution < 1.29 is 9.18 Å². The lowest BCUT2D eigenvalue weighted by atomic mass is 9.85. The third kappa shape index (κ3) is 2.43. The predicted octanol–water partition coefficient (Wildman–Crippen LogP) is 1.53. The largest absolute Gasteiger partial charge is 0.358 e. The molecule has 1 aromatic carbocycles.